The van der Waals surface area contributed by atoms with E-state index in [0.29, 0.717) is 24.1 Å². The fraction of sp³-hybridized carbons (Fsp3) is 0.296. The van der Waals surface area contributed by atoms with E-state index in [0.717, 1.165) is 12.1 Å². The number of likely N-dealkylation sites (tertiary alicyclic amines) is 1. The Morgan fingerprint density at radius 3 is 2.32 bits per heavy atom. The molecule has 1 aromatic heterocycles. The Labute approximate surface area is 212 Å². The van der Waals surface area contributed by atoms with E-state index < -0.39 is 35.0 Å². The van der Waals surface area contributed by atoms with Crippen molar-refractivity contribution < 1.29 is 33.0 Å². The molecule has 10 heteroatoms. The van der Waals surface area contributed by atoms with Crippen LogP contribution in [0.3, 0.4) is 0 Å². The van der Waals surface area contributed by atoms with Crippen molar-refractivity contribution in [3.8, 4) is 28.7 Å². The van der Waals surface area contributed by atoms with Gasteiger partial charge in [-0.25, -0.2) is 18.4 Å². The molecule has 192 valence electrons. The van der Waals surface area contributed by atoms with Gasteiger partial charge in [-0.2, -0.15) is 5.26 Å². The van der Waals surface area contributed by atoms with E-state index in [2.05, 4.69) is 0 Å². The Balaban J connectivity index is 1.62. The van der Waals surface area contributed by atoms with E-state index in [9.17, 15) is 28.7 Å². The predicted octanol–water partition coefficient (Wildman–Crippen LogP) is 5.98. The van der Waals surface area contributed by atoms with E-state index in [-0.39, 0.29) is 29.6 Å². The minimum Gasteiger partial charge on any atom is -0.477 e. The van der Waals surface area contributed by atoms with Gasteiger partial charge in [0.25, 0.3) is 0 Å². The van der Waals surface area contributed by atoms with Crippen LogP contribution < -0.4 is 4.74 Å². The van der Waals surface area contributed by atoms with E-state index in [4.69, 9.17) is 9.47 Å². The number of nitriles is 1. The van der Waals surface area contributed by atoms with Crippen LogP contribution in [-0.2, 0) is 4.74 Å². The first-order valence-electron chi connectivity index (χ1n) is 11.6. The topological polar surface area (TPSA) is 105 Å². The highest BCUT2D eigenvalue weighted by Crippen LogP contribution is 2.35. The quantitative estimate of drug-likeness (QED) is 0.454. The molecular weight excluding hydrogens is 484 g/mol. The van der Waals surface area contributed by atoms with E-state index in [1.165, 1.54) is 27.7 Å². The molecule has 2 aromatic carbocycles. The fourth-order valence-electron chi connectivity index (χ4n) is 4.22. The van der Waals surface area contributed by atoms with Crippen molar-refractivity contribution in [1.29, 1.82) is 5.26 Å². The molecule has 1 aliphatic heterocycles. The summed E-state index contributed by atoms with van der Waals surface area (Å²) < 4.78 is 40.1. The lowest BCUT2D eigenvalue weighted by Gasteiger charge is -2.24. The van der Waals surface area contributed by atoms with Crippen molar-refractivity contribution in [3.05, 3.63) is 71.6 Å². The molecule has 8 nitrogen and oxygen atoms in total. The molecule has 0 spiro atoms. The molecule has 2 heterocycles. The van der Waals surface area contributed by atoms with Crippen molar-refractivity contribution in [1.82, 2.24) is 9.47 Å². The van der Waals surface area contributed by atoms with Crippen molar-refractivity contribution in [3.63, 3.8) is 0 Å². The SMILES string of the molecule is CC(C)(C)OC(=O)N1CCC(n2cc(-c3ccc(Oc4c(F)cccc4F)cc3)c(C#N)c2C(=O)O)C1. The van der Waals surface area contributed by atoms with Crippen molar-refractivity contribution >= 4 is 12.1 Å². The van der Waals surface area contributed by atoms with Crippen LogP contribution in [0.4, 0.5) is 13.6 Å². The second-order valence-corrected chi connectivity index (χ2v) is 9.64. The van der Waals surface area contributed by atoms with Gasteiger partial charge in [-0.05, 0) is 57.0 Å². The number of aromatic carboxylic acids is 1. The van der Waals surface area contributed by atoms with Crippen LogP contribution in [0.2, 0.25) is 0 Å². The fourth-order valence-corrected chi connectivity index (χ4v) is 4.22. The van der Waals surface area contributed by atoms with Crippen LogP contribution in [-0.4, -0.2) is 45.3 Å². The Morgan fingerprint density at radius 2 is 1.76 bits per heavy atom. The number of carbonyl (C=O) groups excluding carboxylic acids is 1. The zero-order valence-corrected chi connectivity index (χ0v) is 20.5. The third kappa shape index (κ3) is 5.40. The molecular formula is C27H25F2N3O5. The third-order valence-corrected chi connectivity index (χ3v) is 5.86. The minimum absolute atomic E-state index is 0.0305. The molecule has 1 unspecified atom stereocenters. The molecule has 0 radical (unpaired) electrons. The lowest BCUT2D eigenvalue weighted by molar-refractivity contribution is 0.0289. The average Bonchev–Trinajstić information content (AvgIpc) is 3.46. The van der Waals surface area contributed by atoms with E-state index in [1.54, 1.807) is 39.1 Å². The highest BCUT2D eigenvalue weighted by Gasteiger charge is 2.34. The van der Waals surface area contributed by atoms with Crippen LogP contribution in [0.25, 0.3) is 11.1 Å². The molecule has 0 bridgehead atoms. The average molecular weight is 510 g/mol. The molecule has 1 saturated heterocycles. The summed E-state index contributed by atoms with van der Waals surface area (Å²) in [5.74, 6) is -3.35. The highest BCUT2D eigenvalue weighted by molar-refractivity contribution is 5.93. The van der Waals surface area contributed by atoms with Crippen molar-refractivity contribution in [2.75, 3.05) is 13.1 Å². The summed E-state index contributed by atoms with van der Waals surface area (Å²) in [5, 5.41) is 19.7. The first-order valence-corrected chi connectivity index (χ1v) is 11.6. The monoisotopic (exact) mass is 509 g/mol. The number of carboxylic acid groups (broad SMARTS) is 1. The van der Waals surface area contributed by atoms with Gasteiger partial charge >= 0.3 is 12.1 Å². The summed E-state index contributed by atoms with van der Waals surface area (Å²) in [6.07, 6.45) is 1.58. The molecule has 1 fully saturated rings. The normalized spacial score (nSPS) is 15.4. The predicted molar refractivity (Wildman–Crippen MR) is 129 cm³/mol. The number of carbonyl (C=O) groups is 2. The molecule has 1 aliphatic rings. The number of hydrogen-bond donors (Lipinski definition) is 1. The smallest absolute Gasteiger partial charge is 0.410 e. The summed E-state index contributed by atoms with van der Waals surface area (Å²) in [7, 11) is 0. The van der Waals surface area contributed by atoms with E-state index in [1.807, 2.05) is 6.07 Å². The number of benzene rings is 2. The number of para-hydroxylation sites is 1. The minimum atomic E-state index is -1.27. The van der Waals surface area contributed by atoms with Crippen molar-refractivity contribution in [2.24, 2.45) is 0 Å². The first-order chi connectivity index (χ1) is 17.5. The number of hydrogen-bond acceptors (Lipinski definition) is 5. The maximum atomic E-state index is 13.9. The lowest BCUT2D eigenvalue weighted by atomic mass is 10.0. The molecule has 3 aromatic rings. The number of carboxylic acids is 1. The van der Waals surface area contributed by atoms with Gasteiger partial charge in [-0.3, -0.25) is 0 Å². The molecule has 0 aliphatic carbocycles. The number of rotatable bonds is 5. The van der Waals surface area contributed by atoms with Gasteiger partial charge in [0.05, 0.1) is 11.6 Å². The lowest BCUT2D eigenvalue weighted by Crippen LogP contribution is -2.35. The second kappa shape index (κ2) is 9.93. The van der Waals surface area contributed by atoms with Crippen LogP contribution in [0.1, 0.15) is 49.3 Å². The Morgan fingerprint density at radius 1 is 1.11 bits per heavy atom. The van der Waals surface area contributed by atoms with Gasteiger partial charge in [0.15, 0.2) is 17.4 Å². The summed E-state index contributed by atoms with van der Waals surface area (Å²) >= 11 is 0. The highest BCUT2D eigenvalue weighted by atomic mass is 19.1. The molecule has 1 amide bonds. The maximum absolute atomic E-state index is 13.9. The molecule has 37 heavy (non-hydrogen) atoms. The summed E-state index contributed by atoms with van der Waals surface area (Å²) in [4.78, 5) is 26.2. The zero-order valence-electron chi connectivity index (χ0n) is 20.5. The van der Waals surface area contributed by atoms with Crippen LogP contribution >= 0.6 is 0 Å². The van der Waals surface area contributed by atoms with Crippen molar-refractivity contribution in [2.45, 2.75) is 38.8 Å². The number of ether oxygens (including phenoxy) is 2. The van der Waals surface area contributed by atoms with Crippen LogP contribution in [0, 0.1) is 23.0 Å². The Hall–Kier alpha value is -4.39. The van der Waals surface area contributed by atoms with Gasteiger partial charge in [0.1, 0.15) is 23.1 Å². The van der Waals surface area contributed by atoms with Gasteiger partial charge in [0.2, 0.25) is 0 Å². The Kier molecular flexibility index (Phi) is 6.90. The number of amides is 1. The third-order valence-electron chi connectivity index (χ3n) is 5.86. The molecule has 0 saturated carbocycles. The van der Waals surface area contributed by atoms with Gasteiger partial charge in [0, 0.05) is 24.8 Å². The first kappa shape index (κ1) is 25.7. The summed E-state index contributed by atoms with van der Waals surface area (Å²) in [6.45, 7) is 5.91. The number of halogens is 2. The molecule has 1 atom stereocenters. The summed E-state index contributed by atoms with van der Waals surface area (Å²) in [5.41, 5.74) is 0.0175. The molecule has 1 N–H and O–H groups in total. The van der Waals surface area contributed by atoms with E-state index >= 15 is 0 Å². The Bertz CT molecular complexity index is 1370. The zero-order chi connectivity index (χ0) is 26.9. The largest absolute Gasteiger partial charge is 0.477 e. The molecule has 4 rings (SSSR count). The van der Waals surface area contributed by atoms with Gasteiger partial charge in [-0.1, -0.05) is 18.2 Å². The summed E-state index contributed by atoms with van der Waals surface area (Å²) in [6, 6.07) is 11.1. The van der Waals surface area contributed by atoms with Crippen LogP contribution in [0.15, 0.2) is 48.7 Å². The van der Waals surface area contributed by atoms with Gasteiger partial charge in [-0.15, -0.1) is 0 Å². The maximum Gasteiger partial charge on any atom is 0.410 e. The number of aromatic nitrogens is 1. The van der Waals surface area contributed by atoms with Crippen LogP contribution in [0.5, 0.6) is 11.5 Å². The second-order valence-electron chi connectivity index (χ2n) is 9.64. The van der Waals surface area contributed by atoms with Gasteiger partial charge < -0.3 is 24.0 Å². The standard InChI is InChI=1S/C27H25F2N3O5/c1-27(2,3)37-26(35)31-12-11-17(14-31)32-15-20(19(13-30)23(32)25(33)34)16-7-9-18(10-8-16)36-24-21(28)5-4-6-22(24)29/h4-10,15,17H,11-12,14H2,1-3H3,(H,33,34). The number of nitrogens with zero attached hydrogens (tertiary/aromatic N) is 3.